The molecule has 7 nitrogen and oxygen atoms in total. The van der Waals surface area contributed by atoms with Crippen LogP contribution in [0.25, 0.3) is 0 Å². The fourth-order valence-electron chi connectivity index (χ4n) is 1.51. The molecule has 0 bridgehead atoms. The van der Waals surface area contributed by atoms with Crippen molar-refractivity contribution in [2.24, 2.45) is 0 Å². The Kier molecular flexibility index (Phi) is 4.90. The van der Waals surface area contributed by atoms with Gasteiger partial charge in [0.05, 0.1) is 0 Å². The van der Waals surface area contributed by atoms with Gasteiger partial charge in [-0.05, 0) is 26.8 Å². The molecule has 0 saturated carbocycles. The number of ether oxygens (including phenoxy) is 1. The molecule has 1 heterocycles. The number of aromatic nitrogens is 1. The van der Waals surface area contributed by atoms with Gasteiger partial charge in [-0.15, -0.1) is 0 Å². The summed E-state index contributed by atoms with van der Waals surface area (Å²) in [4.78, 5) is 22.7. The van der Waals surface area contributed by atoms with E-state index in [9.17, 15) is 14.8 Å². The van der Waals surface area contributed by atoms with E-state index in [0.29, 0.717) is 10.3 Å². The second-order valence-electron chi connectivity index (χ2n) is 5.31. The monoisotopic (exact) mass is 282 g/mol. The van der Waals surface area contributed by atoms with Crippen molar-refractivity contribution in [3.8, 4) is 0 Å². The highest BCUT2D eigenvalue weighted by Crippen LogP contribution is 2.08. The molecule has 7 heteroatoms. The molecule has 0 aliphatic carbocycles. The summed E-state index contributed by atoms with van der Waals surface area (Å²) in [5.41, 5.74) is -0.205. The highest BCUT2D eigenvalue weighted by atomic mass is 16.6. The minimum Gasteiger partial charge on any atom is -0.619 e. The zero-order valence-corrected chi connectivity index (χ0v) is 11.6. The molecular weight excluding hydrogens is 264 g/mol. The molecule has 0 radical (unpaired) electrons. The molecule has 1 atom stereocenters. The Labute approximate surface area is 116 Å². The Balaban J connectivity index is 2.71. The zero-order chi connectivity index (χ0) is 15.3. The van der Waals surface area contributed by atoms with Crippen LogP contribution < -0.4 is 10.0 Å². The molecule has 0 aliphatic heterocycles. The molecule has 110 valence electrons. The lowest BCUT2D eigenvalue weighted by atomic mass is 10.1. The molecule has 2 N–H and O–H groups in total. The highest BCUT2D eigenvalue weighted by Gasteiger charge is 2.24. The molecule has 20 heavy (non-hydrogen) atoms. The molecule has 0 spiro atoms. The summed E-state index contributed by atoms with van der Waals surface area (Å²) in [6, 6.07) is 1.96. The molecule has 1 aromatic rings. The summed E-state index contributed by atoms with van der Waals surface area (Å²) in [5, 5.41) is 22.5. The Morgan fingerprint density at radius 2 is 2.15 bits per heavy atom. The van der Waals surface area contributed by atoms with E-state index < -0.39 is 23.7 Å². The summed E-state index contributed by atoms with van der Waals surface area (Å²) >= 11 is 0. The lowest BCUT2D eigenvalue weighted by Crippen LogP contribution is -2.45. The van der Waals surface area contributed by atoms with Crippen LogP contribution in [-0.4, -0.2) is 28.8 Å². The van der Waals surface area contributed by atoms with E-state index in [2.05, 4.69) is 5.32 Å². The molecule has 0 aliphatic rings. The summed E-state index contributed by atoms with van der Waals surface area (Å²) < 4.78 is 5.57. The first-order valence-electron chi connectivity index (χ1n) is 6.07. The van der Waals surface area contributed by atoms with Crippen molar-refractivity contribution in [1.82, 2.24) is 5.32 Å². The molecule has 1 rings (SSSR count). The number of carbonyl (C=O) groups excluding carboxylic acids is 1. The number of hydrogen-bond donors (Lipinski definition) is 2. The maximum Gasteiger partial charge on any atom is 0.408 e. The van der Waals surface area contributed by atoms with E-state index >= 15 is 0 Å². The lowest BCUT2D eigenvalue weighted by molar-refractivity contribution is -0.605. The third-order valence-corrected chi connectivity index (χ3v) is 2.27. The number of alkyl carbamates (subject to hydrolysis) is 1. The molecule has 1 aromatic heterocycles. The number of nitrogens with zero attached hydrogens (tertiary/aromatic N) is 1. The Morgan fingerprint density at radius 1 is 1.50 bits per heavy atom. The number of carboxylic acid groups (broad SMARTS) is 1. The molecule has 0 aromatic carbocycles. The number of rotatable bonds is 4. The SMILES string of the molecule is CC(C)(C)OC(=O)NC(Cc1ccc[n+]([O-])c1)C(=O)O. The fourth-order valence-corrected chi connectivity index (χ4v) is 1.51. The molecule has 0 saturated heterocycles. The number of nitrogens with one attached hydrogen (secondary N) is 1. The fraction of sp³-hybridized carbons (Fsp3) is 0.462. The van der Waals surface area contributed by atoms with Crippen LogP contribution in [0, 0.1) is 5.21 Å². The molecule has 1 amide bonds. The van der Waals surface area contributed by atoms with Crippen LogP contribution in [0.15, 0.2) is 24.5 Å². The van der Waals surface area contributed by atoms with Crippen LogP contribution in [0.5, 0.6) is 0 Å². The van der Waals surface area contributed by atoms with Crippen molar-refractivity contribution in [3.05, 3.63) is 35.3 Å². The van der Waals surface area contributed by atoms with E-state index in [4.69, 9.17) is 9.84 Å². The van der Waals surface area contributed by atoms with Gasteiger partial charge in [-0.1, -0.05) is 0 Å². The Bertz CT molecular complexity index is 496. The molecular formula is C13H18N2O5. The largest absolute Gasteiger partial charge is 0.619 e. The first-order chi connectivity index (χ1) is 9.17. The zero-order valence-electron chi connectivity index (χ0n) is 11.6. The lowest BCUT2D eigenvalue weighted by Gasteiger charge is -2.21. The van der Waals surface area contributed by atoms with Gasteiger partial charge in [0.1, 0.15) is 11.6 Å². The van der Waals surface area contributed by atoms with Gasteiger partial charge in [0, 0.05) is 18.1 Å². The van der Waals surface area contributed by atoms with Crippen molar-refractivity contribution in [2.75, 3.05) is 0 Å². The number of hydrogen-bond acceptors (Lipinski definition) is 4. The number of carbonyl (C=O) groups is 2. The van der Waals surface area contributed by atoms with Crippen molar-refractivity contribution >= 4 is 12.1 Å². The standard InChI is InChI=1S/C13H18N2O5/c1-13(2,3)20-12(18)14-10(11(16)17)7-9-5-4-6-15(19)8-9/h4-6,8,10H,7H2,1-3H3,(H,14,18)(H,16,17). The first-order valence-corrected chi connectivity index (χ1v) is 6.07. The van der Waals surface area contributed by atoms with Crippen molar-refractivity contribution < 1.29 is 24.2 Å². The van der Waals surface area contributed by atoms with Crippen LogP contribution in [0.4, 0.5) is 4.79 Å². The topological polar surface area (TPSA) is 103 Å². The smallest absolute Gasteiger partial charge is 0.408 e. The highest BCUT2D eigenvalue weighted by molar-refractivity contribution is 5.80. The van der Waals surface area contributed by atoms with E-state index in [1.54, 1.807) is 26.8 Å². The molecule has 0 fully saturated rings. The van der Waals surface area contributed by atoms with Gasteiger partial charge in [-0.2, -0.15) is 4.73 Å². The maximum absolute atomic E-state index is 11.6. The van der Waals surface area contributed by atoms with E-state index in [0.717, 1.165) is 0 Å². The van der Waals surface area contributed by atoms with E-state index in [1.807, 2.05) is 0 Å². The summed E-state index contributed by atoms with van der Waals surface area (Å²) in [7, 11) is 0. The molecule has 1 unspecified atom stereocenters. The predicted octanol–water partition coefficient (Wildman–Crippen LogP) is 0.840. The van der Waals surface area contributed by atoms with Gasteiger partial charge in [0.2, 0.25) is 0 Å². The number of pyridine rings is 1. The average molecular weight is 282 g/mol. The first kappa shape index (κ1) is 15.7. The van der Waals surface area contributed by atoms with Gasteiger partial charge in [0.25, 0.3) is 0 Å². The van der Waals surface area contributed by atoms with Crippen molar-refractivity contribution in [3.63, 3.8) is 0 Å². The van der Waals surface area contributed by atoms with Crippen LogP contribution in [-0.2, 0) is 16.0 Å². The van der Waals surface area contributed by atoms with Crippen LogP contribution in [0.2, 0.25) is 0 Å². The third-order valence-electron chi connectivity index (χ3n) is 2.27. The van der Waals surface area contributed by atoms with Crippen LogP contribution >= 0.6 is 0 Å². The van der Waals surface area contributed by atoms with Crippen molar-refractivity contribution in [1.29, 1.82) is 0 Å². The third kappa shape index (κ3) is 5.55. The van der Waals surface area contributed by atoms with Crippen LogP contribution in [0.3, 0.4) is 0 Å². The van der Waals surface area contributed by atoms with Crippen LogP contribution in [0.1, 0.15) is 26.3 Å². The Morgan fingerprint density at radius 3 is 2.65 bits per heavy atom. The second kappa shape index (κ2) is 6.23. The van der Waals surface area contributed by atoms with Gasteiger partial charge >= 0.3 is 12.1 Å². The maximum atomic E-state index is 11.6. The van der Waals surface area contributed by atoms with Gasteiger partial charge in [-0.3, -0.25) is 0 Å². The summed E-state index contributed by atoms with van der Waals surface area (Å²) in [6.07, 6.45) is 1.74. The van der Waals surface area contributed by atoms with Gasteiger partial charge < -0.3 is 20.4 Å². The van der Waals surface area contributed by atoms with Crippen molar-refractivity contribution in [2.45, 2.75) is 38.8 Å². The van der Waals surface area contributed by atoms with Gasteiger partial charge in [-0.25, -0.2) is 9.59 Å². The number of aliphatic carboxylic acids is 1. The second-order valence-corrected chi connectivity index (χ2v) is 5.31. The van der Waals surface area contributed by atoms with E-state index in [-0.39, 0.29) is 6.42 Å². The Hall–Kier alpha value is -2.31. The summed E-state index contributed by atoms with van der Waals surface area (Å²) in [6.45, 7) is 5.04. The average Bonchev–Trinajstić information content (AvgIpc) is 2.25. The quantitative estimate of drug-likeness (QED) is 0.629. The minimum absolute atomic E-state index is 0.00233. The summed E-state index contributed by atoms with van der Waals surface area (Å²) in [5.74, 6) is -1.20. The minimum atomic E-state index is -1.20. The van der Waals surface area contributed by atoms with Gasteiger partial charge in [0.15, 0.2) is 12.4 Å². The number of amides is 1. The predicted molar refractivity (Wildman–Crippen MR) is 69.9 cm³/mol. The number of carboxylic acids is 1. The van der Waals surface area contributed by atoms with E-state index in [1.165, 1.54) is 18.5 Å². The normalized spacial score (nSPS) is 12.6.